The van der Waals surface area contributed by atoms with Gasteiger partial charge in [-0.1, -0.05) is 19.1 Å². The summed E-state index contributed by atoms with van der Waals surface area (Å²) in [5.41, 5.74) is 9.16. The van der Waals surface area contributed by atoms with Crippen LogP contribution in [0.1, 0.15) is 34.5 Å². The number of rotatable bonds is 4. The summed E-state index contributed by atoms with van der Waals surface area (Å²) in [6, 6.07) is 8.12. The van der Waals surface area contributed by atoms with Gasteiger partial charge < -0.3 is 5.73 Å². The first-order valence-electron chi connectivity index (χ1n) is 7.29. The molecule has 2 N–H and O–H groups in total. The third kappa shape index (κ3) is 3.02. The summed E-state index contributed by atoms with van der Waals surface area (Å²) in [5.74, 6) is 0. The number of fused-ring (bicyclic) bond motifs is 1. The van der Waals surface area contributed by atoms with Crippen molar-refractivity contribution < 1.29 is 0 Å². The summed E-state index contributed by atoms with van der Waals surface area (Å²) in [6.07, 6.45) is 3.26. The number of hydrogen-bond acceptors (Lipinski definition) is 4. The van der Waals surface area contributed by atoms with Crippen molar-refractivity contribution in [2.75, 3.05) is 18.8 Å². The number of hydrogen-bond donors (Lipinski definition) is 1. The van der Waals surface area contributed by atoms with Crippen molar-refractivity contribution in [3.05, 3.63) is 45.4 Å². The van der Waals surface area contributed by atoms with Crippen molar-refractivity contribution in [1.82, 2.24) is 9.88 Å². The van der Waals surface area contributed by atoms with Crippen molar-refractivity contribution in [3.8, 4) is 0 Å². The molecule has 1 aliphatic heterocycles. The molecule has 2 aromatic rings. The lowest BCUT2D eigenvalue weighted by atomic mass is 10.1. The van der Waals surface area contributed by atoms with Gasteiger partial charge in [0.15, 0.2) is 0 Å². The number of nitrogen functional groups attached to an aromatic ring is 1. The van der Waals surface area contributed by atoms with Gasteiger partial charge in [0.05, 0.1) is 10.7 Å². The molecule has 0 radical (unpaired) electrons. The van der Waals surface area contributed by atoms with E-state index >= 15 is 0 Å². The monoisotopic (exact) mass is 287 g/mol. The fourth-order valence-corrected chi connectivity index (χ4v) is 3.89. The maximum atomic E-state index is 5.72. The second kappa shape index (κ2) is 5.94. The van der Waals surface area contributed by atoms with Gasteiger partial charge in [-0.15, -0.1) is 11.3 Å². The van der Waals surface area contributed by atoms with Gasteiger partial charge in [0, 0.05) is 36.5 Å². The van der Waals surface area contributed by atoms with Crippen LogP contribution in [0.4, 0.5) is 5.69 Å². The van der Waals surface area contributed by atoms with Crippen LogP contribution < -0.4 is 5.73 Å². The SMILES string of the molecule is CCCN1CCc2nc(Cc3ccc(N)cc3)sc2C1. The molecule has 0 unspecified atom stereocenters. The standard InChI is InChI=1S/C16H21N3S/c1-2-8-19-9-7-14-15(11-19)20-16(18-14)10-12-3-5-13(17)6-4-12/h3-6H,2,7-11,17H2,1H3. The van der Waals surface area contributed by atoms with Crippen LogP contribution in [0.5, 0.6) is 0 Å². The molecule has 0 saturated heterocycles. The Labute approximate surface area is 124 Å². The number of benzene rings is 1. The van der Waals surface area contributed by atoms with Crippen LogP contribution >= 0.6 is 11.3 Å². The van der Waals surface area contributed by atoms with E-state index in [-0.39, 0.29) is 0 Å². The molecule has 3 nitrogen and oxygen atoms in total. The van der Waals surface area contributed by atoms with Gasteiger partial charge in [0.1, 0.15) is 0 Å². The van der Waals surface area contributed by atoms with Gasteiger partial charge in [-0.3, -0.25) is 4.90 Å². The van der Waals surface area contributed by atoms with Crippen molar-refractivity contribution in [2.45, 2.75) is 32.7 Å². The van der Waals surface area contributed by atoms with Gasteiger partial charge >= 0.3 is 0 Å². The maximum absolute atomic E-state index is 5.72. The first-order valence-corrected chi connectivity index (χ1v) is 8.10. The minimum atomic E-state index is 0.822. The van der Waals surface area contributed by atoms with Crippen molar-refractivity contribution in [1.29, 1.82) is 0 Å². The quantitative estimate of drug-likeness (QED) is 0.879. The molecular formula is C16H21N3S. The summed E-state index contributed by atoms with van der Waals surface area (Å²) < 4.78 is 0. The lowest BCUT2D eigenvalue weighted by Gasteiger charge is -2.25. The third-order valence-corrected chi connectivity index (χ3v) is 4.81. The van der Waals surface area contributed by atoms with Crippen LogP contribution in [0.2, 0.25) is 0 Å². The Morgan fingerprint density at radius 1 is 1.30 bits per heavy atom. The zero-order valence-electron chi connectivity index (χ0n) is 11.9. The van der Waals surface area contributed by atoms with Gasteiger partial charge in [0.2, 0.25) is 0 Å². The predicted octanol–water partition coefficient (Wildman–Crippen LogP) is 3.08. The smallest absolute Gasteiger partial charge is 0.0975 e. The summed E-state index contributed by atoms with van der Waals surface area (Å²) >= 11 is 1.88. The van der Waals surface area contributed by atoms with E-state index in [1.807, 2.05) is 23.5 Å². The number of thiazole rings is 1. The van der Waals surface area contributed by atoms with Crippen molar-refractivity contribution in [3.63, 3.8) is 0 Å². The fraction of sp³-hybridized carbons (Fsp3) is 0.438. The van der Waals surface area contributed by atoms with E-state index < -0.39 is 0 Å². The van der Waals surface area contributed by atoms with Gasteiger partial charge in [-0.2, -0.15) is 0 Å². The molecule has 0 bridgehead atoms. The zero-order chi connectivity index (χ0) is 13.9. The number of aromatic nitrogens is 1. The molecule has 1 aromatic heterocycles. The second-order valence-electron chi connectivity index (χ2n) is 5.42. The number of anilines is 1. The summed E-state index contributed by atoms with van der Waals surface area (Å²) in [5, 5.41) is 1.23. The van der Waals surface area contributed by atoms with E-state index in [0.29, 0.717) is 0 Å². The highest BCUT2D eigenvalue weighted by Gasteiger charge is 2.19. The average molecular weight is 287 g/mol. The Morgan fingerprint density at radius 2 is 2.10 bits per heavy atom. The van der Waals surface area contributed by atoms with Crippen LogP contribution in [0, 0.1) is 0 Å². The summed E-state index contributed by atoms with van der Waals surface area (Å²) in [6.45, 7) is 5.69. The third-order valence-electron chi connectivity index (χ3n) is 3.73. The van der Waals surface area contributed by atoms with Crippen LogP contribution in [-0.2, 0) is 19.4 Å². The van der Waals surface area contributed by atoms with Crippen molar-refractivity contribution >= 4 is 17.0 Å². The number of nitrogens with zero attached hydrogens (tertiary/aromatic N) is 2. The highest BCUT2D eigenvalue weighted by Crippen LogP contribution is 2.26. The molecule has 2 heterocycles. The molecule has 0 spiro atoms. The number of nitrogens with two attached hydrogens (primary N) is 1. The van der Waals surface area contributed by atoms with Gasteiger partial charge in [-0.25, -0.2) is 4.98 Å². The molecule has 1 aromatic carbocycles. The van der Waals surface area contributed by atoms with Crippen LogP contribution in [-0.4, -0.2) is 23.0 Å². The van der Waals surface area contributed by atoms with Gasteiger partial charge in [-0.05, 0) is 30.7 Å². The Bertz CT molecular complexity index is 574. The normalized spacial score (nSPS) is 15.2. The van der Waals surface area contributed by atoms with Crippen molar-refractivity contribution in [2.24, 2.45) is 0 Å². The van der Waals surface area contributed by atoms with E-state index in [4.69, 9.17) is 10.7 Å². The zero-order valence-corrected chi connectivity index (χ0v) is 12.7. The Morgan fingerprint density at radius 3 is 2.85 bits per heavy atom. The summed E-state index contributed by atoms with van der Waals surface area (Å²) in [4.78, 5) is 8.83. The molecule has 1 aliphatic rings. The predicted molar refractivity (Wildman–Crippen MR) is 85.0 cm³/mol. The molecule has 0 fully saturated rings. The van der Waals surface area contributed by atoms with E-state index in [1.165, 1.54) is 34.1 Å². The minimum absolute atomic E-state index is 0.822. The average Bonchev–Trinajstić information content (AvgIpc) is 2.83. The maximum Gasteiger partial charge on any atom is 0.0975 e. The van der Waals surface area contributed by atoms with Crippen LogP contribution in [0.15, 0.2) is 24.3 Å². The molecule has 106 valence electrons. The Balaban J connectivity index is 1.72. The molecule has 0 aliphatic carbocycles. The van der Waals surface area contributed by atoms with Crippen LogP contribution in [0.25, 0.3) is 0 Å². The first-order chi connectivity index (χ1) is 9.74. The molecule has 20 heavy (non-hydrogen) atoms. The van der Waals surface area contributed by atoms with Crippen LogP contribution in [0.3, 0.4) is 0 Å². The highest BCUT2D eigenvalue weighted by molar-refractivity contribution is 7.11. The molecule has 0 saturated carbocycles. The molecular weight excluding hydrogens is 266 g/mol. The Hall–Kier alpha value is -1.39. The molecule has 0 atom stereocenters. The largest absolute Gasteiger partial charge is 0.399 e. The van der Waals surface area contributed by atoms with Gasteiger partial charge in [0.25, 0.3) is 0 Å². The molecule has 4 heteroatoms. The molecule has 0 amide bonds. The second-order valence-corrected chi connectivity index (χ2v) is 6.59. The topological polar surface area (TPSA) is 42.2 Å². The first kappa shape index (κ1) is 13.6. The molecule has 3 rings (SSSR count). The highest BCUT2D eigenvalue weighted by atomic mass is 32.1. The Kier molecular flexibility index (Phi) is 4.03. The van der Waals surface area contributed by atoms with E-state index in [0.717, 1.165) is 31.6 Å². The minimum Gasteiger partial charge on any atom is -0.399 e. The van der Waals surface area contributed by atoms with E-state index in [2.05, 4.69) is 24.0 Å². The van der Waals surface area contributed by atoms with E-state index in [9.17, 15) is 0 Å². The summed E-state index contributed by atoms with van der Waals surface area (Å²) in [7, 11) is 0. The fourth-order valence-electron chi connectivity index (χ4n) is 2.69. The lowest BCUT2D eigenvalue weighted by Crippen LogP contribution is -2.30. The van der Waals surface area contributed by atoms with E-state index in [1.54, 1.807) is 0 Å². The lowest BCUT2D eigenvalue weighted by molar-refractivity contribution is 0.256.